The zero-order valence-corrected chi connectivity index (χ0v) is 16.3. The molecule has 5 N–H and O–H groups in total. The number of nitrogen functional groups attached to an aromatic ring is 1. The lowest BCUT2D eigenvalue weighted by molar-refractivity contribution is 0.601. The number of nitrogens with one attached hydrogen (secondary N) is 3. The lowest BCUT2D eigenvalue weighted by atomic mass is 10.3. The number of fused-ring (bicyclic) bond motifs is 1. The molecule has 11 nitrogen and oxygen atoms in total. The summed E-state index contributed by atoms with van der Waals surface area (Å²) in [7, 11) is -3.71. The Hall–Kier alpha value is -3.58. The lowest BCUT2D eigenvalue weighted by Gasteiger charge is -2.08. The SMILES string of the molecule is Nc1nc2ncc(CNc3ccc(S(=O)(=O)Nc4nccs4)cc3)nc2c(=O)[nH]1. The van der Waals surface area contributed by atoms with Crippen molar-refractivity contribution >= 4 is 49.3 Å². The van der Waals surface area contributed by atoms with Crippen molar-refractivity contribution in [1.29, 1.82) is 0 Å². The molecule has 0 unspecified atom stereocenters. The Morgan fingerprint density at radius 1 is 1.14 bits per heavy atom. The van der Waals surface area contributed by atoms with E-state index in [1.54, 1.807) is 17.5 Å². The Kier molecular flexibility index (Phi) is 4.82. The van der Waals surface area contributed by atoms with Gasteiger partial charge in [0.25, 0.3) is 15.6 Å². The predicted molar refractivity (Wildman–Crippen MR) is 109 cm³/mol. The molecule has 3 aromatic heterocycles. The number of sulfonamides is 1. The van der Waals surface area contributed by atoms with Crippen LogP contribution < -0.4 is 21.3 Å². The van der Waals surface area contributed by atoms with Crippen LogP contribution in [0.4, 0.5) is 16.8 Å². The average molecular weight is 430 g/mol. The highest BCUT2D eigenvalue weighted by atomic mass is 32.2. The molecule has 4 aromatic rings. The summed E-state index contributed by atoms with van der Waals surface area (Å²) in [6, 6.07) is 6.20. The van der Waals surface area contributed by atoms with E-state index in [9.17, 15) is 13.2 Å². The van der Waals surface area contributed by atoms with Crippen LogP contribution in [0.5, 0.6) is 0 Å². The summed E-state index contributed by atoms with van der Waals surface area (Å²) in [6.45, 7) is 0.274. The summed E-state index contributed by atoms with van der Waals surface area (Å²) in [5, 5.41) is 5.07. The van der Waals surface area contributed by atoms with E-state index in [1.807, 2.05) is 0 Å². The van der Waals surface area contributed by atoms with Gasteiger partial charge in [-0.25, -0.2) is 23.4 Å². The maximum atomic E-state index is 12.3. The second kappa shape index (κ2) is 7.44. The molecule has 0 aliphatic carbocycles. The molecule has 0 fully saturated rings. The fraction of sp³-hybridized carbons (Fsp3) is 0.0625. The number of anilines is 3. The highest BCUT2D eigenvalue weighted by molar-refractivity contribution is 7.93. The molecule has 13 heteroatoms. The number of hydrogen-bond donors (Lipinski definition) is 4. The second-order valence-corrected chi connectivity index (χ2v) is 8.38. The summed E-state index contributed by atoms with van der Waals surface area (Å²) < 4.78 is 27.1. The molecule has 0 bridgehead atoms. The number of aromatic nitrogens is 5. The molecule has 0 saturated heterocycles. The van der Waals surface area contributed by atoms with Crippen LogP contribution in [0.3, 0.4) is 0 Å². The summed E-state index contributed by atoms with van der Waals surface area (Å²) in [4.78, 5) is 30.5. The fourth-order valence-corrected chi connectivity index (χ4v) is 4.24. The first-order valence-corrected chi connectivity index (χ1v) is 10.5. The minimum Gasteiger partial charge on any atom is -0.379 e. The number of thiazole rings is 1. The van der Waals surface area contributed by atoms with Gasteiger partial charge in [-0.1, -0.05) is 0 Å². The van der Waals surface area contributed by atoms with Crippen molar-refractivity contribution < 1.29 is 8.42 Å². The molecule has 0 spiro atoms. The Morgan fingerprint density at radius 2 is 1.93 bits per heavy atom. The Bertz CT molecular complexity index is 1320. The third-order valence-electron chi connectivity index (χ3n) is 3.78. The molecule has 1 aromatic carbocycles. The Balaban J connectivity index is 1.47. The molecule has 0 aliphatic rings. The van der Waals surface area contributed by atoms with Gasteiger partial charge < -0.3 is 11.1 Å². The van der Waals surface area contributed by atoms with Gasteiger partial charge in [-0.3, -0.25) is 14.5 Å². The van der Waals surface area contributed by atoms with E-state index in [2.05, 4.69) is 35.0 Å². The smallest absolute Gasteiger partial charge is 0.280 e. The normalized spacial score (nSPS) is 11.4. The summed E-state index contributed by atoms with van der Waals surface area (Å²) >= 11 is 1.19. The van der Waals surface area contributed by atoms with Crippen LogP contribution in [-0.2, 0) is 16.6 Å². The summed E-state index contributed by atoms with van der Waals surface area (Å²) in [5.74, 6) is -0.0259. The first-order chi connectivity index (χ1) is 13.9. The van der Waals surface area contributed by atoms with Crippen molar-refractivity contribution in [1.82, 2.24) is 24.9 Å². The van der Waals surface area contributed by atoms with Gasteiger partial charge in [-0.15, -0.1) is 11.3 Å². The standard InChI is InChI=1S/C16H14N8O3S2/c17-15-22-13-12(14(25)23-15)21-10(8-20-13)7-19-9-1-3-11(4-2-9)29(26,27)24-16-18-5-6-28-16/h1-6,8,19H,7H2,(H,18,24)(H3,17,20,22,23,25). The quantitative estimate of drug-likeness (QED) is 0.351. The third-order valence-corrected chi connectivity index (χ3v) is 5.95. The molecule has 4 rings (SSSR count). The van der Waals surface area contributed by atoms with Crippen LogP contribution >= 0.6 is 11.3 Å². The van der Waals surface area contributed by atoms with Gasteiger partial charge >= 0.3 is 0 Å². The molecule has 0 saturated carbocycles. The fourth-order valence-electron chi connectivity index (χ4n) is 2.45. The first kappa shape index (κ1) is 18.8. The van der Waals surface area contributed by atoms with Gasteiger partial charge in [0, 0.05) is 17.3 Å². The van der Waals surface area contributed by atoms with Crippen LogP contribution in [0.1, 0.15) is 5.69 Å². The van der Waals surface area contributed by atoms with E-state index < -0.39 is 15.6 Å². The van der Waals surface area contributed by atoms with Crippen molar-refractivity contribution in [2.24, 2.45) is 0 Å². The Morgan fingerprint density at radius 3 is 2.66 bits per heavy atom. The Labute approximate surface area is 168 Å². The molecule has 0 atom stereocenters. The number of benzene rings is 1. The lowest BCUT2D eigenvalue weighted by Crippen LogP contribution is -2.15. The number of nitrogens with two attached hydrogens (primary N) is 1. The minimum atomic E-state index is -3.71. The van der Waals surface area contributed by atoms with Gasteiger partial charge in [-0.05, 0) is 24.3 Å². The molecule has 0 amide bonds. The van der Waals surface area contributed by atoms with E-state index in [0.717, 1.165) is 0 Å². The number of H-pyrrole nitrogens is 1. The minimum absolute atomic E-state index is 0.0259. The van der Waals surface area contributed by atoms with Crippen molar-refractivity contribution in [2.75, 3.05) is 15.8 Å². The highest BCUT2D eigenvalue weighted by Gasteiger charge is 2.15. The maximum absolute atomic E-state index is 12.3. The van der Waals surface area contributed by atoms with Gasteiger partial charge in [0.15, 0.2) is 16.3 Å². The van der Waals surface area contributed by atoms with E-state index >= 15 is 0 Å². The molecular weight excluding hydrogens is 416 g/mol. The zero-order chi connectivity index (χ0) is 20.4. The average Bonchev–Trinajstić information content (AvgIpc) is 3.19. The zero-order valence-electron chi connectivity index (χ0n) is 14.7. The van der Waals surface area contributed by atoms with E-state index in [1.165, 1.54) is 35.9 Å². The largest absolute Gasteiger partial charge is 0.379 e. The topological polar surface area (TPSA) is 169 Å². The molecule has 3 heterocycles. The van der Waals surface area contributed by atoms with Crippen LogP contribution in [0.15, 0.2) is 51.7 Å². The number of nitrogens with zero attached hydrogens (tertiary/aromatic N) is 4. The van der Waals surface area contributed by atoms with Gasteiger partial charge in [0.2, 0.25) is 5.95 Å². The van der Waals surface area contributed by atoms with Crippen molar-refractivity contribution in [3.8, 4) is 0 Å². The number of rotatable bonds is 6. The maximum Gasteiger partial charge on any atom is 0.280 e. The molecule has 0 radical (unpaired) electrons. The second-order valence-electron chi connectivity index (χ2n) is 5.81. The number of hydrogen-bond acceptors (Lipinski definition) is 10. The van der Waals surface area contributed by atoms with E-state index in [-0.39, 0.29) is 28.6 Å². The van der Waals surface area contributed by atoms with Gasteiger partial charge in [0.05, 0.1) is 23.3 Å². The van der Waals surface area contributed by atoms with Crippen LogP contribution in [0.25, 0.3) is 11.2 Å². The summed E-state index contributed by atoms with van der Waals surface area (Å²) in [5.41, 5.74) is 6.45. The van der Waals surface area contributed by atoms with Gasteiger partial charge in [0.1, 0.15) is 0 Å². The van der Waals surface area contributed by atoms with Crippen LogP contribution in [0.2, 0.25) is 0 Å². The van der Waals surface area contributed by atoms with Crippen LogP contribution in [-0.4, -0.2) is 33.3 Å². The van der Waals surface area contributed by atoms with Crippen LogP contribution in [0, 0.1) is 0 Å². The molecule has 29 heavy (non-hydrogen) atoms. The molecular formula is C16H14N8O3S2. The number of aromatic amines is 1. The summed E-state index contributed by atoms with van der Waals surface area (Å²) in [6.07, 6.45) is 3.00. The van der Waals surface area contributed by atoms with Crippen molar-refractivity contribution in [3.63, 3.8) is 0 Å². The van der Waals surface area contributed by atoms with Crippen molar-refractivity contribution in [2.45, 2.75) is 11.4 Å². The first-order valence-electron chi connectivity index (χ1n) is 8.18. The van der Waals surface area contributed by atoms with E-state index in [0.29, 0.717) is 16.5 Å². The van der Waals surface area contributed by atoms with Crippen molar-refractivity contribution in [3.05, 3.63) is 58.1 Å². The molecule has 0 aliphatic heterocycles. The van der Waals surface area contributed by atoms with E-state index in [4.69, 9.17) is 5.73 Å². The predicted octanol–water partition coefficient (Wildman–Crippen LogP) is 1.16. The third kappa shape index (κ3) is 4.14. The monoisotopic (exact) mass is 430 g/mol. The van der Waals surface area contributed by atoms with Gasteiger partial charge in [-0.2, -0.15) is 4.98 Å². The molecule has 148 valence electrons. The highest BCUT2D eigenvalue weighted by Crippen LogP contribution is 2.19.